The van der Waals surface area contributed by atoms with E-state index in [1.54, 1.807) is 18.2 Å². The van der Waals surface area contributed by atoms with Gasteiger partial charge in [-0.25, -0.2) is 0 Å². The molecule has 0 radical (unpaired) electrons. The van der Waals surface area contributed by atoms with E-state index in [-0.39, 0.29) is 17.5 Å². The molecular formula is C28H24N2O2. The molecule has 0 saturated carbocycles. The van der Waals surface area contributed by atoms with Crippen molar-refractivity contribution in [2.45, 2.75) is 13.8 Å². The number of nitrogens with one attached hydrogen (secondary N) is 2. The summed E-state index contributed by atoms with van der Waals surface area (Å²) in [4.78, 5) is 26.1. The minimum atomic E-state index is -0.387. The van der Waals surface area contributed by atoms with Gasteiger partial charge in [-0.1, -0.05) is 77.9 Å². The fraction of sp³-hybridized carbons (Fsp3) is 0.0714. The van der Waals surface area contributed by atoms with E-state index in [9.17, 15) is 9.59 Å². The highest BCUT2D eigenvalue weighted by molar-refractivity contribution is 6.11. The second kappa shape index (κ2) is 9.31. The number of benzene rings is 4. The standard InChI is InChI=1S/C28H24N2O2/c1-19-10-14-22(15-11-19)27(31)30-26(28(32)29-24-16-12-20(2)13-17-24)18-23-8-5-7-21-6-3-4-9-25(21)23/h3-18H,1-2H3,(H,29,32)(H,30,31)/b26-18+. The van der Waals surface area contributed by atoms with Crippen molar-refractivity contribution in [2.75, 3.05) is 5.32 Å². The van der Waals surface area contributed by atoms with Gasteiger partial charge >= 0.3 is 0 Å². The summed E-state index contributed by atoms with van der Waals surface area (Å²) in [7, 11) is 0. The number of anilines is 1. The third kappa shape index (κ3) is 4.93. The molecule has 2 amide bonds. The Kier molecular flexibility index (Phi) is 6.13. The molecule has 2 N–H and O–H groups in total. The lowest BCUT2D eigenvalue weighted by Crippen LogP contribution is -2.30. The Bertz CT molecular complexity index is 1300. The van der Waals surface area contributed by atoms with Gasteiger partial charge < -0.3 is 10.6 Å². The fourth-order valence-corrected chi connectivity index (χ4v) is 3.42. The molecular weight excluding hydrogens is 396 g/mol. The van der Waals surface area contributed by atoms with Crippen LogP contribution in [0.2, 0.25) is 0 Å². The van der Waals surface area contributed by atoms with Crippen molar-refractivity contribution < 1.29 is 9.59 Å². The minimum Gasteiger partial charge on any atom is -0.321 e. The fourth-order valence-electron chi connectivity index (χ4n) is 3.42. The SMILES string of the molecule is Cc1ccc(NC(=O)/C(=C\c2cccc3ccccc23)NC(=O)c2ccc(C)cc2)cc1. The zero-order valence-corrected chi connectivity index (χ0v) is 18.1. The lowest BCUT2D eigenvalue weighted by atomic mass is 10.0. The number of carbonyl (C=O) groups excluding carboxylic acids is 2. The molecule has 0 spiro atoms. The van der Waals surface area contributed by atoms with Crippen LogP contribution in [0, 0.1) is 13.8 Å². The number of rotatable bonds is 5. The molecule has 0 aromatic heterocycles. The van der Waals surface area contributed by atoms with Crippen LogP contribution in [0.25, 0.3) is 16.8 Å². The first-order valence-electron chi connectivity index (χ1n) is 10.4. The Morgan fingerprint density at radius 2 is 1.34 bits per heavy atom. The average molecular weight is 421 g/mol. The molecule has 4 nitrogen and oxygen atoms in total. The molecule has 4 aromatic rings. The predicted molar refractivity (Wildman–Crippen MR) is 130 cm³/mol. The number of amides is 2. The van der Waals surface area contributed by atoms with Gasteiger partial charge in [0.1, 0.15) is 5.70 Å². The van der Waals surface area contributed by atoms with E-state index in [0.29, 0.717) is 11.3 Å². The predicted octanol–water partition coefficient (Wildman–Crippen LogP) is 5.87. The van der Waals surface area contributed by atoms with Crippen molar-refractivity contribution in [1.29, 1.82) is 0 Å². The molecule has 158 valence electrons. The van der Waals surface area contributed by atoms with E-state index < -0.39 is 0 Å². The maximum absolute atomic E-state index is 13.2. The first-order chi connectivity index (χ1) is 15.5. The summed E-state index contributed by atoms with van der Waals surface area (Å²) in [6, 6.07) is 28.6. The summed E-state index contributed by atoms with van der Waals surface area (Å²) in [5, 5.41) is 7.75. The van der Waals surface area contributed by atoms with E-state index in [4.69, 9.17) is 0 Å². The Hall–Kier alpha value is -4.18. The second-order valence-corrected chi connectivity index (χ2v) is 7.77. The van der Waals surface area contributed by atoms with Crippen LogP contribution in [-0.2, 0) is 4.79 Å². The van der Waals surface area contributed by atoms with Crippen LogP contribution in [0.15, 0.2) is 96.7 Å². The topological polar surface area (TPSA) is 58.2 Å². The third-order valence-corrected chi connectivity index (χ3v) is 5.24. The van der Waals surface area contributed by atoms with Crippen molar-refractivity contribution in [3.05, 3.63) is 119 Å². The molecule has 0 heterocycles. The number of hydrogen-bond donors (Lipinski definition) is 2. The van der Waals surface area contributed by atoms with Gasteiger partial charge in [-0.3, -0.25) is 9.59 Å². The van der Waals surface area contributed by atoms with Gasteiger partial charge in [0.05, 0.1) is 0 Å². The van der Waals surface area contributed by atoms with Gasteiger partial charge in [-0.05, 0) is 60.5 Å². The Balaban J connectivity index is 1.70. The molecule has 0 atom stereocenters. The van der Waals surface area contributed by atoms with E-state index in [1.165, 1.54) is 0 Å². The number of hydrogen-bond acceptors (Lipinski definition) is 2. The lowest BCUT2D eigenvalue weighted by Gasteiger charge is -2.12. The van der Waals surface area contributed by atoms with Crippen LogP contribution in [0.4, 0.5) is 5.69 Å². The summed E-state index contributed by atoms with van der Waals surface area (Å²) in [5.74, 6) is -0.724. The highest BCUT2D eigenvalue weighted by atomic mass is 16.2. The first kappa shape index (κ1) is 21.1. The van der Waals surface area contributed by atoms with Gasteiger partial charge in [-0.2, -0.15) is 0 Å². The molecule has 0 unspecified atom stereocenters. The summed E-state index contributed by atoms with van der Waals surface area (Å²) < 4.78 is 0. The van der Waals surface area contributed by atoms with Crippen LogP contribution in [0.1, 0.15) is 27.0 Å². The summed E-state index contributed by atoms with van der Waals surface area (Å²) >= 11 is 0. The molecule has 0 fully saturated rings. The molecule has 0 bridgehead atoms. The zero-order valence-electron chi connectivity index (χ0n) is 18.1. The molecule has 0 aliphatic rings. The van der Waals surface area contributed by atoms with Crippen LogP contribution in [0.5, 0.6) is 0 Å². The smallest absolute Gasteiger partial charge is 0.272 e. The minimum absolute atomic E-state index is 0.174. The molecule has 4 aromatic carbocycles. The Morgan fingerprint density at radius 1 is 0.719 bits per heavy atom. The van der Waals surface area contributed by atoms with E-state index in [1.807, 2.05) is 92.7 Å². The monoisotopic (exact) mass is 420 g/mol. The van der Waals surface area contributed by atoms with Crippen molar-refractivity contribution in [2.24, 2.45) is 0 Å². The summed E-state index contributed by atoms with van der Waals surface area (Å²) in [6.45, 7) is 3.95. The average Bonchev–Trinajstić information content (AvgIpc) is 2.80. The zero-order chi connectivity index (χ0) is 22.5. The Labute approximate surface area is 187 Å². The van der Waals surface area contributed by atoms with Crippen LogP contribution in [0.3, 0.4) is 0 Å². The van der Waals surface area contributed by atoms with Gasteiger partial charge in [0.2, 0.25) is 0 Å². The van der Waals surface area contributed by atoms with E-state index >= 15 is 0 Å². The third-order valence-electron chi connectivity index (χ3n) is 5.24. The Morgan fingerprint density at radius 3 is 2.06 bits per heavy atom. The van der Waals surface area contributed by atoms with Gasteiger partial charge in [0, 0.05) is 11.3 Å². The normalized spacial score (nSPS) is 11.2. The van der Waals surface area contributed by atoms with E-state index in [0.717, 1.165) is 27.5 Å². The number of fused-ring (bicyclic) bond motifs is 1. The molecule has 4 heteroatoms. The van der Waals surface area contributed by atoms with Crippen LogP contribution >= 0.6 is 0 Å². The van der Waals surface area contributed by atoms with Crippen molar-refractivity contribution >= 4 is 34.4 Å². The highest BCUT2D eigenvalue weighted by Crippen LogP contribution is 2.21. The molecule has 32 heavy (non-hydrogen) atoms. The largest absolute Gasteiger partial charge is 0.321 e. The van der Waals surface area contributed by atoms with Gasteiger partial charge in [-0.15, -0.1) is 0 Å². The van der Waals surface area contributed by atoms with Crippen molar-refractivity contribution in [3.63, 3.8) is 0 Å². The number of aryl methyl sites for hydroxylation is 2. The molecule has 0 saturated heterocycles. The van der Waals surface area contributed by atoms with Crippen molar-refractivity contribution in [3.8, 4) is 0 Å². The second-order valence-electron chi connectivity index (χ2n) is 7.77. The van der Waals surface area contributed by atoms with Gasteiger partial charge in [0.25, 0.3) is 11.8 Å². The summed E-state index contributed by atoms with van der Waals surface area (Å²) in [6.07, 6.45) is 1.72. The van der Waals surface area contributed by atoms with Gasteiger partial charge in [0.15, 0.2) is 0 Å². The highest BCUT2D eigenvalue weighted by Gasteiger charge is 2.15. The quantitative estimate of drug-likeness (QED) is 0.397. The molecule has 0 aliphatic heterocycles. The van der Waals surface area contributed by atoms with Crippen LogP contribution in [-0.4, -0.2) is 11.8 Å². The molecule has 0 aliphatic carbocycles. The lowest BCUT2D eigenvalue weighted by molar-refractivity contribution is -0.113. The van der Waals surface area contributed by atoms with E-state index in [2.05, 4.69) is 10.6 Å². The molecule has 4 rings (SSSR count). The van der Waals surface area contributed by atoms with Crippen LogP contribution < -0.4 is 10.6 Å². The summed E-state index contributed by atoms with van der Waals surface area (Å²) in [5.41, 5.74) is 4.33. The number of carbonyl (C=O) groups is 2. The van der Waals surface area contributed by atoms with Crippen molar-refractivity contribution in [1.82, 2.24) is 5.32 Å². The maximum atomic E-state index is 13.2. The first-order valence-corrected chi connectivity index (χ1v) is 10.4. The maximum Gasteiger partial charge on any atom is 0.272 e.